The number of rotatable bonds is 6. The Labute approximate surface area is 154 Å². The molecule has 0 radical (unpaired) electrons. The summed E-state index contributed by atoms with van der Waals surface area (Å²) in [6, 6.07) is 7.96. The van der Waals surface area contributed by atoms with E-state index in [0.717, 1.165) is 6.07 Å². The molecule has 2 amide bonds. The zero-order valence-electron chi connectivity index (χ0n) is 14.2. The van der Waals surface area contributed by atoms with Crippen LogP contribution in [-0.2, 0) is 6.54 Å². The van der Waals surface area contributed by atoms with Crippen LogP contribution in [0.15, 0.2) is 42.5 Å². The second-order valence-corrected chi connectivity index (χ2v) is 6.01. The maximum atomic E-state index is 13.8. The van der Waals surface area contributed by atoms with Gasteiger partial charge in [0.15, 0.2) is 11.6 Å². The summed E-state index contributed by atoms with van der Waals surface area (Å²) in [6.45, 7) is 0.137. The van der Waals surface area contributed by atoms with Crippen molar-refractivity contribution in [1.29, 1.82) is 0 Å². The number of hydrogen-bond donors (Lipinski definition) is 1. The average Bonchev–Trinajstić information content (AvgIpc) is 2.61. The maximum Gasteiger partial charge on any atom is 0.318 e. The van der Waals surface area contributed by atoms with Crippen LogP contribution in [0.3, 0.4) is 0 Å². The largest absolute Gasteiger partial charge is 0.494 e. The van der Waals surface area contributed by atoms with Crippen molar-refractivity contribution in [3.05, 3.63) is 64.4 Å². The van der Waals surface area contributed by atoms with Gasteiger partial charge in [-0.1, -0.05) is 35.9 Å². The lowest BCUT2D eigenvalue weighted by Gasteiger charge is -2.24. The molecule has 0 aromatic heterocycles. The SMILES string of the molecule is COc1ccc(C(NC(=O)N(C)Cc2ccccc2Cl)C(F)F)cc1F. The van der Waals surface area contributed by atoms with Crippen LogP contribution in [0.2, 0.25) is 5.02 Å². The van der Waals surface area contributed by atoms with Gasteiger partial charge in [0, 0.05) is 18.6 Å². The van der Waals surface area contributed by atoms with Crippen molar-refractivity contribution in [2.75, 3.05) is 14.2 Å². The van der Waals surface area contributed by atoms with E-state index < -0.39 is 24.3 Å². The first-order valence-corrected chi connectivity index (χ1v) is 8.08. The molecule has 0 heterocycles. The van der Waals surface area contributed by atoms with E-state index in [1.165, 1.54) is 31.2 Å². The first-order valence-electron chi connectivity index (χ1n) is 7.70. The Morgan fingerprint density at radius 1 is 1.27 bits per heavy atom. The first kappa shape index (κ1) is 19.9. The van der Waals surface area contributed by atoms with E-state index in [9.17, 15) is 18.0 Å². The Kier molecular flexibility index (Phi) is 6.74. The fourth-order valence-corrected chi connectivity index (χ4v) is 2.56. The Hall–Kier alpha value is -2.41. The number of carbonyl (C=O) groups is 1. The lowest BCUT2D eigenvalue weighted by molar-refractivity contribution is 0.0971. The molecule has 0 saturated heterocycles. The van der Waals surface area contributed by atoms with Gasteiger partial charge in [-0.3, -0.25) is 0 Å². The van der Waals surface area contributed by atoms with Gasteiger partial charge in [-0.2, -0.15) is 0 Å². The van der Waals surface area contributed by atoms with Gasteiger partial charge in [0.05, 0.1) is 7.11 Å². The van der Waals surface area contributed by atoms with Crippen molar-refractivity contribution in [3.8, 4) is 5.75 Å². The van der Waals surface area contributed by atoms with Crippen LogP contribution >= 0.6 is 11.6 Å². The Bertz CT molecular complexity index is 774. The number of nitrogens with zero attached hydrogens (tertiary/aromatic N) is 1. The van der Waals surface area contributed by atoms with Gasteiger partial charge < -0.3 is 15.0 Å². The minimum absolute atomic E-state index is 0.0576. The highest BCUT2D eigenvalue weighted by molar-refractivity contribution is 6.31. The zero-order valence-corrected chi connectivity index (χ0v) is 14.9. The molecule has 2 aromatic carbocycles. The third kappa shape index (κ3) is 4.82. The molecule has 8 heteroatoms. The quantitative estimate of drug-likeness (QED) is 0.786. The van der Waals surface area contributed by atoms with Crippen molar-refractivity contribution in [3.63, 3.8) is 0 Å². The van der Waals surface area contributed by atoms with Gasteiger partial charge >= 0.3 is 6.03 Å². The summed E-state index contributed by atoms with van der Waals surface area (Å²) >= 11 is 6.04. The summed E-state index contributed by atoms with van der Waals surface area (Å²) in [5.74, 6) is -0.849. The predicted octanol–water partition coefficient (Wildman–Crippen LogP) is 4.64. The number of alkyl halides is 2. The standard InChI is InChI=1S/C18H18ClF3N2O2/c1-24(10-12-5-3-4-6-13(12)19)18(25)23-16(17(21)22)11-7-8-15(26-2)14(20)9-11/h3-9,16-17H,10H2,1-2H3,(H,23,25). The number of methoxy groups -OCH3 is 1. The molecule has 0 fully saturated rings. The predicted molar refractivity (Wildman–Crippen MR) is 93.1 cm³/mol. The Balaban J connectivity index is 2.12. The van der Waals surface area contributed by atoms with Gasteiger partial charge in [0.2, 0.25) is 0 Å². The van der Waals surface area contributed by atoms with E-state index in [4.69, 9.17) is 16.3 Å². The monoisotopic (exact) mass is 386 g/mol. The minimum atomic E-state index is -2.92. The molecule has 0 aliphatic heterocycles. The van der Waals surface area contributed by atoms with E-state index in [2.05, 4.69) is 5.32 Å². The topological polar surface area (TPSA) is 41.6 Å². The summed E-state index contributed by atoms with van der Waals surface area (Å²) in [5.41, 5.74) is 0.619. The van der Waals surface area contributed by atoms with Crippen LogP contribution < -0.4 is 10.1 Å². The van der Waals surface area contributed by atoms with Crippen molar-refractivity contribution >= 4 is 17.6 Å². The van der Waals surface area contributed by atoms with Crippen LogP contribution in [-0.4, -0.2) is 31.5 Å². The zero-order chi connectivity index (χ0) is 19.3. The molecule has 26 heavy (non-hydrogen) atoms. The fraction of sp³-hybridized carbons (Fsp3) is 0.278. The molecule has 1 unspecified atom stereocenters. The van der Waals surface area contributed by atoms with Crippen molar-refractivity contribution in [2.45, 2.75) is 19.0 Å². The average molecular weight is 387 g/mol. The third-order valence-electron chi connectivity index (χ3n) is 3.78. The van der Waals surface area contributed by atoms with Gasteiger partial charge in [-0.15, -0.1) is 0 Å². The number of benzene rings is 2. The molecule has 0 aliphatic rings. The summed E-state index contributed by atoms with van der Waals surface area (Å²) in [4.78, 5) is 13.5. The van der Waals surface area contributed by atoms with E-state index in [-0.39, 0.29) is 17.9 Å². The highest BCUT2D eigenvalue weighted by Crippen LogP contribution is 2.26. The lowest BCUT2D eigenvalue weighted by atomic mass is 10.1. The van der Waals surface area contributed by atoms with Gasteiger partial charge in [0.25, 0.3) is 6.43 Å². The van der Waals surface area contributed by atoms with E-state index in [1.54, 1.807) is 24.3 Å². The molecule has 2 aromatic rings. The molecule has 1 atom stereocenters. The summed E-state index contributed by atoms with van der Waals surface area (Å²) < 4.78 is 45.4. The maximum absolute atomic E-state index is 13.8. The molecule has 0 bridgehead atoms. The van der Waals surface area contributed by atoms with Gasteiger partial charge in [-0.05, 0) is 29.3 Å². The molecule has 0 spiro atoms. The van der Waals surface area contributed by atoms with Crippen molar-refractivity contribution in [1.82, 2.24) is 10.2 Å². The van der Waals surface area contributed by atoms with E-state index >= 15 is 0 Å². The summed E-state index contributed by atoms with van der Waals surface area (Å²) in [5, 5.41) is 2.69. The van der Waals surface area contributed by atoms with Crippen LogP contribution in [0.4, 0.5) is 18.0 Å². The van der Waals surface area contributed by atoms with Gasteiger partial charge in [0.1, 0.15) is 6.04 Å². The Morgan fingerprint density at radius 2 is 1.96 bits per heavy atom. The summed E-state index contributed by atoms with van der Waals surface area (Å²) in [7, 11) is 2.73. The van der Waals surface area contributed by atoms with E-state index in [0.29, 0.717) is 10.6 Å². The second kappa shape index (κ2) is 8.80. The number of urea groups is 1. The molecule has 0 aliphatic carbocycles. The van der Waals surface area contributed by atoms with Crippen LogP contribution in [0.1, 0.15) is 17.2 Å². The number of carbonyl (C=O) groups excluding carboxylic acids is 1. The van der Waals surface area contributed by atoms with Crippen molar-refractivity contribution < 1.29 is 22.7 Å². The lowest BCUT2D eigenvalue weighted by Crippen LogP contribution is -2.41. The summed E-state index contributed by atoms with van der Waals surface area (Å²) in [6.07, 6.45) is -2.92. The smallest absolute Gasteiger partial charge is 0.318 e. The molecule has 140 valence electrons. The second-order valence-electron chi connectivity index (χ2n) is 5.60. The molecular formula is C18H18ClF3N2O2. The Morgan fingerprint density at radius 3 is 2.54 bits per heavy atom. The van der Waals surface area contributed by atoms with Crippen LogP contribution in [0.5, 0.6) is 5.75 Å². The number of ether oxygens (including phenoxy) is 1. The molecular weight excluding hydrogens is 369 g/mol. The van der Waals surface area contributed by atoms with E-state index in [1.807, 2.05) is 0 Å². The van der Waals surface area contributed by atoms with Gasteiger partial charge in [-0.25, -0.2) is 18.0 Å². The fourth-order valence-electron chi connectivity index (χ4n) is 2.37. The normalized spacial score (nSPS) is 12.0. The highest BCUT2D eigenvalue weighted by Gasteiger charge is 2.27. The number of hydrogen-bond acceptors (Lipinski definition) is 2. The number of halogens is 4. The molecule has 1 N–H and O–H groups in total. The van der Waals surface area contributed by atoms with Crippen LogP contribution in [0, 0.1) is 5.82 Å². The highest BCUT2D eigenvalue weighted by atomic mass is 35.5. The number of amides is 2. The molecule has 0 saturated carbocycles. The molecule has 2 rings (SSSR count). The first-order chi connectivity index (χ1) is 12.3. The number of nitrogens with one attached hydrogen (secondary N) is 1. The molecule has 4 nitrogen and oxygen atoms in total. The van der Waals surface area contributed by atoms with Crippen molar-refractivity contribution in [2.24, 2.45) is 0 Å². The third-order valence-corrected chi connectivity index (χ3v) is 4.15. The van der Waals surface area contributed by atoms with Crippen LogP contribution in [0.25, 0.3) is 0 Å². The minimum Gasteiger partial charge on any atom is -0.494 e.